The Bertz CT molecular complexity index is 761. The fourth-order valence-corrected chi connectivity index (χ4v) is 4.02. The summed E-state index contributed by atoms with van der Waals surface area (Å²) in [6.45, 7) is 5.25. The summed E-state index contributed by atoms with van der Waals surface area (Å²) in [5.41, 5.74) is 1.79. The van der Waals surface area contributed by atoms with Crippen LogP contribution in [0.2, 0.25) is 0 Å². The van der Waals surface area contributed by atoms with Gasteiger partial charge in [-0.05, 0) is 44.0 Å². The summed E-state index contributed by atoms with van der Waals surface area (Å²) >= 11 is 0. The van der Waals surface area contributed by atoms with Gasteiger partial charge in [-0.3, -0.25) is 4.79 Å². The molecule has 0 unspecified atom stereocenters. The number of ether oxygens (including phenoxy) is 1. The molecule has 0 bridgehead atoms. The number of nitrogens with one attached hydrogen (secondary N) is 1. The molecule has 2 heterocycles. The van der Waals surface area contributed by atoms with Crippen LogP contribution in [0.1, 0.15) is 60.9 Å². The smallest absolute Gasteiger partial charge is 0.251 e. The first-order chi connectivity index (χ1) is 13.2. The Kier molecular flexibility index (Phi) is 5.38. The van der Waals surface area contributed by atoms with Gasteiger partial charge in [-0.2, -0.15) is 0 Å². The maximum atomic E-state index is 12.7. The molecular formula is C20H27N5O2. The SMILES string of the molecule is C[C@H](NC(=O)c1ccc(N2CCOCC2)cc1)c1nncn1C1CCCC1. The topological polar surface area (TPSA) is 72.3 Å². The Labute approximate surface area is 159 Å². The highest BCUT2D eigenvalue weighted by molar-refractivity contribution is 5.94. The number of anilines is 1. The predicted octanol–water partition coefficient (Wildman–Crippen LogP) is 2.72. The Morgan fingerprint density at radius 1 is 1.19 bits per heavy atom. The van der Waals surface area contributed by atoms with Crippen LogP contribution in [0, 0.1) is 0 Å². The lowest BCUT2D eigenvalue weighted by Gasteiger charge is -2.28. The van der Waals surface area contributed by atoms with Crippen molar-refractivity contribution in [2.45, 2.75) is 44.7 Å². The molecule has 4 rings (SSSR count). The molecule has 1 aliphatic carbocycles. The molecule has 27 heavy (non-hydrogen) atoms. The first-order valence-electron chi connectivity index (χ1n) is 9.85. The van der Waals surface area contributed by atoms with Crippen LogP contribution in [0.15, 0.2) is 30.6 Å². The van der Waals surface area contributed by atoms with E-state index in [2.05, 4.69) is 25.0 Å². The molecule has 2 aliphatic rings. The van der Waals surface area contributed by atoms with E-state index in [1.807, 2.05) is 31.2 Å². The molecule has 2 aromatic rings. The predicted molar refractivity (Wildman–Crippen MR) is 103 cm³/mol. The van der Waals surface area contributed by atoms with Gasteiger partial charge < -0.3 is 19.5 Å². The van der Waals surface area contributed by atoms with Crippen LogP contribution in [0.25, 0.3) is 0 Å². The highest BCUT2D eigenvalue weighted by Crippen LogP contribution is 2.31. The number of carbonyl (C=O) groups is 1. The Balaban J connectivity index is 1.40. The summed E-state index contributed by atoms with van der Waals surface area (Å²) in [6, 6.07) is 8.06. The van der Waals surface area contributed by atoms with Crippen molar-refractivity contribution in [1.82, 2.24) is 20.1 Å². The molecule has 1 aliphatic heterocycles. The van der Waals surface area contributed by atoms with E-state index in [4.69, 9.17) is 4.74 Å². The third kappa shape index (κ3) is 3.98. The molecule has 1 aromatic carbocycles. The number of benzene rings is 1. The second kappa shape index (κ2) is 8.08. The second-order valence-corrected chi connectivity index (χ2v) is 7.38. The van der Waals surface area contributed by atoms with Crippen LogP contribution in [-0.2, 0) is 4.74 Å². The summed E-state index contributed by atoms with van der Waals surface area (Å²) in [5, 5.41) is 11.4. The summed E-state index contributed by atoms with van der Waals surface area (Å²) in [4.78, 5) is 14.9. The van der Waals surface area contributed by atoms with E-state index in [9.17, 15) is 4.79 Å². The molecule has 1 saturated carbocycles. The quantitative estimate of drug-likeness (QED) is 0.877. The van der Waals surface area contributed by atoms with Gasteiger partial charge in [0.2, 0.25) is 0 Å². The van der Waals surface area contributed by atoms with E-state index in [1.54, 1.807) is 6.33 Å². The van der Waals surface area contributed by atoms with Crippen LogP contribution in [0.4, 0.5) is 5.69 Å². The van der Waals surface area contributed by atoms with Gasteiger partial charge >= 0.3 is 0 Å². The maximum absolute atomic E-state index is 12.7. The maximum Gasteiger partial charge on any atom is 0.251 e. The molecular weight excluding hydrogens is 342 g/mol. The minimum Gasteiger partial charge on any atom is -0.378 e. The fourth-order valence-electron chi connectivity index (χ4n) is 4.02. The van der Waals surface area contributed by atoms with Crippen LogP contribution >= 0.6 is 0 Å². The van der Waals surface area contributed by atoms with E-state index in [1.165, 1.54) is 12.8 Å². The number of carbonyl (C=O) groups excluding carboxylic acids is 1. The zero-order valence-electron chi connectivity index (χ0n) is 15.8. The number of hydrogen-bond donors (Lipinski definition) is 1. The van der Waals surface area contributed by atoms with Crippen molar-refractivity contribution >= 4 is 11.6 Å². The second-order valence-electron chi connectivity index (χ2n) is 7.38. The summed E-state index contributed by atoms with van der Waals surface area (Å²) in [7, 11) is 0. The van der Waals surface area contributed by atoms with E-state index >= 15 is 0 Å². The number of nitrogens with zero attached hydrogens (tertiary/aromatic N) is 4. The molecule has 1 N–H and O–H groups in total. The van der Waals surface area contributed by atoms with Crippen molar-refractivity contribution in [2.75, 3.05) is 31.2 Å². The standard InChI is InChI=1S/C20H27N5O2/c1-15(19-23-21-14-25(19)18-4-2-3-5-18)22-20(26)16-6-8-17(9-7-16)24-10-12-27-13-11-24/h6-9,14-15,18H,2-5,10-13H2,1H3,(H,22,26)/t15-/m0/s1. The first kappa shape index (κ1) is 18.0. The number of hydrogen-bond acceptors (Lipinski definition) is 5. The van der Waals surface area contributed by atoms with Gasteiger partial charge in [0.1, 0.15) is 6.33 Å². The fraction of sp³-hybridized carbons (Fsp3) is 0.550. The van der Waals surface area contributed by atoms with Crippen molar-refractivity contribution in [3.8, 4) is 0 Å². The van der Waals surface area contributed by atoms with Crippen LogP contribution in [-0.4, -0.2) is 47.0 Å². The van der Waals surface area contributed by atoms with Crippen molar-refractivity contribution < 1.29 is 9.53 Å². The zero-order valence-corrected chi connectivity index (χ0v) is 15.8. The minimum absolute atomic E-state index is 0.0861. The highest BCUT2D eigenvalue weighted by atomic mass is 16.5. The van der Waals surface area contributed by atoms with Crippen LogP contribution in [0.3, 0.4) is 0 Å². The first-order valence-corrected chi connectivity index (χ1v) is 9.85. The number of rotatable bonds is 5. The summed E-state index contributed by atoms with van der Waals surface area (Å²) < 4.78 is 7.53. The van der Waals surface area contributed by atoms with Gasteiger partial charge in [0, 0.05) is 30.4 Å². The Morgan fingerprint density at radius 2 is 1.89 bits per heavy atom. The van der Waals surface area contributed by atoms with Crippen molar-refractivity contribution in [3.05, 3.63) is 42.0 Å². The van der Waals surface area contributed by atoms with Crippen LogP contribution in [0.5, 0.6) is 0 Å². The molecule has 144 valence electrons. The lowest BCUT2D eigenvalue weighted by atomic mass is 10.1. The lowest BCUT2D eigenvalue weighted by Crippen LogP contribution is -2.36. The molecule has 2 fully saturated rings. The number of amides is 1. The average molecular weight is 369 g/mol. The average Bonchev–Trinajstić information content (AvgIpc) is 3.40. The minimum atomic E-state index is -0.181. The van der Waals surface area contributed by atoms with Gasteiger partial charge in [-0.25, -0.2) is 0 Å². The van der Waals surface area contributed by atoms with Gasteiger partial charge in [-0.15, -0.1) is 10.2 Å². The van der Waals surface area contributed by atoms with E-state index in [0.717, 1.165) is 50.7 Å². The van der Waals surface area contributed by atoms with Crippen molar-refractivity contribution in [1.29, 1.82) is 0 Å². The van der Waals surface area contributed by atoms with Crippen molar-refractivity contribution in [2.24, 2.45) is 0 Å². The van der Waals surface area contributed by atoms with Crippen molar-refractivity contribution in [3.63, 3.8) is 0 Å². The normalized spacial score (nSPS) is 19.2. The molecule has 0 radical (unpaired) electrons. The van der Waals surface area contributed by atoms with Gasteiger partial charge in [0.15, 0.2) is 5.82 Å². The monoisotopic (exact) mass is 369 g/mol. The van der Waals surface area contributed by atoms with Gasteiger partial charge in [0.25, 0.3) is 5.91 Å². The summed E-state index contributed by atoms with van der Waals surface area (Å²) in [6.07, 6.45) is 6.62. The molecule has 0 spiro atoms. The molecule has 1 amide bonds. The molecule has 1 aromatic heterocycles. The third-order valence-electron chi connectivity index (χ3n) is 5.56. The van der Waals surface area contributed by atoms with E-state index < -0.39 is 0 Å². The number of morpholine rings is 1. The third-order valence-corrected chi connectivity index (χ3v) is 5.56. The Hall–Kier alpha value is -2.41. The number of aromatic nitrogens is 3. The largest absolute Gasteiger partial charge is 0.378 e. The zero-order chi connectivity index (χ0) is 18.6. The van der Waals surface area contributed by atoms with E-state index in [-0.39, 0.29) is 11.9 Å². The molecule has 7 heteroatoms. The van der Waals surface area contributed by atoms with Gasteiger partial charge in [0.05, 0.1) is 19.3 Å². The molecule has 7 nitrogen and oxygen atoms in total. The summed E-state index contributed by atoms with van der Waals surface area (Å²) in [5.74, 6) is 0.747. The van der Waals surface area contributed by atoms with Gasteiger partial charge in [-0.1, -0.05) is 12.8 Å². The van der Waals surface area contributed by atoms with Crippen LogP contribution < -0.4 is 10.2 Å². The molecule has 1 saturated heterocycles. The molecule has 1 atom stereocenters. The highest BCUT2D eigenvalue weighted by Gasteiger charge is 2.23. The van der Waals surface area contributed by atoms with E-state index in [0.29, 0.717) is 11.6 Å². The Morgan fingerprint density at radius 3 is 2.59 bits per heavy atom. The lowest BCUT2D eigenvalue weighted by molar-refractivity contribution is 0.0937.